The lowest BCUT2D eigenvalue weighted by Gasteiger charge is -2.14. The highest BCUT2D eigenvalue weighted by atomic mass is 16.5. The number of nitrogens with one attached hydrogen (secondary N) is 1. The Labute approximate surface area is 89.7 Å². The second kappa shape index (κ2) is 5.81. The summed E-state index contributed by atoms with van der Waals surface area (Å²) < 4.78 is 26.5. The van der Waals surface area contributed by atoms with Gasteiger partial charge < -0.3 is 10.1 Å². The molecular weight excluding hydrogens is 178 g/mol. The highest BCUT2D eigenvalue weighted by Gasteiger charge is 2.28. The van der Waals surface area contributed by atoms with Crippen molar-refractivity contribution in [2.75, 3.05) is 6.98 Å². The largest absolute Gasteiger partial charge is 0.461 e. The first-order valence-electron chi connectivity index (χ1n) is 6.51. The molecule has 0 aliphatic heterocycles. The molecule has 80 valence electrons. The molecule has 1 unspecified atom stereocenters. The van der Waals surface area contributed by atoms with Gasteiger partial charge in [0, 0.05) is 4.11 Å². The van der Waals surface area contributed by atoms with Crippen molar-refractivity contribution in [3.8, 4) is 0 Å². The van der Waals surface area contributed by atoms with Crippen LogP contribution in [0.1, 0.15) is 36.2 Å². The molecule has 0 heterocycles. The molecule has 1 rings (SSSR count). The van der Waals surface area contributed by atoms with E-state index in [4.69, 9.17) is 8.85 Å². The van der Waals surface area contributed by atoms with Gasteiger partial charge in [0.1, 0.15) is 12.1 Å². The number of ether oxygens (including phenoxy) is 1. The van der Waals surface area contributed by atoms with Gasteiger partial charge in [0.15, 0.2) is 0 Å². The summed E-state index contributed by atoms with van der Waals surface area (Å²) in [5, 5.41) is 2.34. The molecule has 0 saturated heterocycles. The first kappa shape index (κ1) is 7.46. The van der Waals surface area contributed by atoms with Crippen LogP contribution in [0.25, 0.3) is 0 Å². The van der Waals surface area contributed by atoms with E-state index in [0.29, 0.717) is 6.42 Å². The topological polar surface area (TPSA) is 38.3 Å². The van der Waals surface area contributed by atoms with Crippen LogP contribution in [0.4, 0.5) is 0 Å². The number of allylic oxidation sites excluding steroid dienone is 1. The number of hydrogen-bond acceptors (Lipinski definition) is 3. The van der Waals surface area contributed by atoms with E-state index in [-0.39, 0.29) is 6.10 Å². The van der Waals surface area contributed by atoms with Crippen molar-refractivity contribution < 1.29 is 13.6 Å². The number of rotatable bonds is 7. The van der Waals surface area contributed by atoms with Crippen LogP contribution in [-0.4, -0.2) is 25.1 Å². The van der Waals surface area contributed by atoms with Crippen LogP contribution in [-0.2, 0) is 9.53 Å². The zero-order valence-corrected chi connectivity index (χ0v) is 8.29. The second-order valence-corrected chi connectivity index (χ2v) is 3.55. The summed E-state index contributed by atoms with van der Waals surface area (Å²) in [7, 11) is 0. The first-order valence-corrected chi connectivity index (χ1v) is 5.01. The normalized spacial score (nSPS) is 21.6. The number of hydrogen-bond donors (Lipinski definition) is 1. The molecule has 1 N–H and O–H groups in total. The third-order valence-electron chi connectivity index (χ3n) is 2.17. The standard InChI is InChI=1S/C11H19NO2/c1-3-4-5-6-10(12-2)11(13)14-9-7-8-9/h3,9-10,12H,1,4-8H2,2H3/i2D3. The van der Waals surface area contributed by atoms with Gasteiger partial charge in [-0.25, -0.2) is 0 Å². The molecule has 1 saturated carbocycles. The maximum Gasteiger partial charge on any atom is 0.323 e. The van der Waals surface area contributed by atoms with E-state index >= 15 is 0 Å². The van der Waals surface area contributed by atoms with E-state index in [0.717, 1.165) is 25.7 Å². The van der Waals surface area contributed by atoms with Crippen LogP contribution >= 0.6 is 0 Å². The predicted molar refractivity (Wildman–Crippen MR) is 56.0 cm³/mol. The Morgan fingerprint density at radius 3 is 3.21 bits per heavy atom. The lowest BCUT2D eigenvalue weighted by Crippen LogP contribution is -2.35. The molecule has 3 heteroatoms. The Morgan fingerprint density at radius 2 is 2.64 bits per heavy atom. The smallest absolute Gasteiger partial charge is 0.323 e. The summed E-state index contributed by atoms with van der Waals surface area (Å²) in [4.78, 5) is 11.7. The molecule has 14 heavy (non-hydrogen) atoms. The van der Waals surface area contributed by atoms with Crippen LogP contribution in [0.2, 0.25) is 0 Å². The molecule has 1 fully saturated rings. The number of carbonyl (C=O) groups excluding carboxylic acids is 1. The van der Waals surface area contributed by atoms with Crippen molar-refractivity contribution >= 4 is 5.97 Å². The lowest BCUT2D eigenvalue weighted by atomic mass is 10.1. The average molecular weight is 200 g/mol. The average Bonchev–Trinajstić information content (AvgIpc) is 2.98. The fourth-order valence-electron chi connectivity index (χ4n) is 1.15. The van der Waals surface area contributed by atoms with Gasteiger partial charge in [-0.3, -0.25) is 4.79 Å². The Hall–Kier alpha value is -0.830. The Bertz CT molecular complexity index is 274. The quantitative estimate of drug-likeness (QED) is 0.386. The molecule has 3 nitrogen and oxygen atoms in total. The number of carbonyl (C=O) groups is 1. The monoisotopic (exact) mass is 200 g/mol. The zero-order valence-electron chi connectivity index (χ0n) is 11.3. The maximum absolute atomic E-state index is 11.7. The third-order valence-corrected chi connectivity index (χ3v) is 2.17. The predicted octanol–water partition coefficient (Wildman–Crippen LogP) is 1.64. The zero-order chi connectivity index (χ0) is 12.9. The molecular formula is C11H19NO2. The molecule has 0 bridgehead atoms. The number of unbranched alkanes of at least 4 members (excludes halogenated alkanes) is 1. The van der Waals surface area contributed by atoms with Gasteiger partial charge >= 0.3 is 5.97 Å². The van der Waals surface area contributed by atoms with E-state index in [9.17, 15) is 4.79 Å². The van der Waals surface area contributed by atoms with Crippen LogP contribution < -0.4 is 5.32 Å². The molecule has 1 atom stereocenters. The van der Waals surface area contributed by atoms with E-state index in [1.165, 1.54) is 0 Å². The van der Waals surface area contributed by atoms with Gasteiger partial charge in [0.05, 0.1) is 0 Å². The third kappa shape index (κ3) is 3.92. The van der Waals surface area contributed by atoms with Gasteiger partial charge in [-0.05, 0) is 39.1 Å². The minimum Gasteiger partial charge on any atom is -0.461 e. The van der Waals surface area contributed by atoms with Gasteiger partial charge in [-0.2, -0.15) is 0 Å². The fraction of sp³-hybridized carbons (Fsp3) is 0.727. The minimum absolute atomic E-state index is 0.00260. The molecule has 0 amide bonds. The van der Waals surface area contributed by atoms with E-state index in [1.807, 2.05) is 0 Å². The molecule has 1 aliphatic rings. The summed E-state index contributed by atoms with van der Waals surface area (Å²) in [6.45, 7) is 1.27. The Morgan fingerprint density at radius 1 is 1.86 bits per heavy atom. The van der Waals surface area contributed by atoms with Crippen molar-refractivity contribution in [1.29, 1.82) is 0 Å². The summed E-state index contributed by atoms with van der Waals surface area (Å²) >= 11 is 0. The highest BCUT2D eigenvalue weighted by molar-refractivity contribution is 5.76. The summed E-state index contributed by atoms with van der Waals surface area (Å²) in [6, 6.07) is -0.747. The van der Waals surface area contributed by atoms with E-state index in [2.05, 4.69) is 11.9 Å². The van der Waals surface area contributed by atoms with E-state index in [1.54, 1.807) is 6.08 Å². The van der Waals surface area contributed by atoms with Crippen molar-refractivity contribution in [2.24, 2.45) is 0 Å². The SMILES string of the molecule is [2H]C([2H])([2H])NC(CCCC=C)C(=O)OC1CC1. The van der Waals surface area contributed by atoms with Crippen LogP contribution in [0, 0.1) is 0 Å². The molecule has 0 aromatic heterocycles. The summed E-state index contributed by atoms with van der Waals surface area (Å²) in [5.74, 6) is -0.451. The molecule has 0 radical (unpaired) electrons. The number of esters is 1. The minimum atomic E-state index is -2.32. The van der Waals surface area contributed by atoms with Crippen LogP contribution in [0.5, 0.6) is 0 Å². The fourth-order valence-corrected chi connectivity index (χ4v) is 1.15. The van der Waals surface area contributed by atoms with Crippen molar-refractivity contribution in [1.82, 2.24) is 5.32 Å². The summed E-state index contributed by atoms with van der Waals surface area (Å²) in [5.41, 5.74) is 0. The van der Waals surface area contributed by atoms with Gasteiger partial charge in [0.2, 0.25) is 0 Å². The first-order chi connectivity index (χ1) is 7.92. The molecule has 0 spiro atoms. The van der Waals surface area contributed by atoms with Gasteiger partial charge in [0.25, 0.3) is 0 Å². The van der Waals surface area contributed by atoms with Gasteiger partial charge in [-0.15, -0.1) is 6.58 Å². The molecule has 0 aromatic carbocycles. The second-order valence-electron chi connectivity index (χ2n) is 3.55. The van der Waals surface area contributed by atoms with Crippen LogP contribution in [0.15, 0.2) is 12.7 Å². The Balaban J connectivity index is 2.43. The van der Waals surface area contributed by atoms with E-state index < -0.39 is 19.0 Å². The Kier molecular flexibility index (Phi) is 3.09. The van der Waals surface area contributed by atoms with Crippen molar-refractivity contribution in [2.45, 2.75) is 44.2 Å². The maximum atomic E-state index is 11.7. The van der Waals surface area contributed by atoms with Crippen LogP contribution in [0.3, 0.4) is 0 Å². The lowest BCUT2D eigenvalue weighted by molar-refractivity contribution is -0.147. The number of likely N-dealkylation sites (N-methyl/N-ethyl adjacent to an activating group) is 1. The summed E-state index contributed by atoms with van der Waals surface area (Å²) in [6.07, 6.45) is 5.46. The highest BCUT2D eigenvalue weighted by Crippen LogP contribution is 2.24. The molecule has 1 aliphatic carbocycles. The van der Waals surface area contributed by atoms with Gasteiger partial charge in [-0.1, -0.05) is 6.08 Å². The molecule has 0 aromatic rings. The van der Waals surface area contributed by atoms with Crippen molar-refractivity contribution in [3.63, 3.8) is 0 Å². The van der Waals surface area contributed by atoms with Crippen molar-refractivity contribution in [3.05, 3.63) is 12.7 Å².